The van der Waals surface area contributed by atoms with E-state index in [-0.39, 0.29) is 0 Å². The molecule has 0 rings (SSSR count). The lowest BCUT2D eigenvalue weighted by atomic mass is 18.6. The highest BCUT2D eigenvalue weighted by molar-refractivity contribution is 8.62. The second-order valence-electron chi connectivity index (χ2n) is 0.875. The van der Waals surface area contributed by atoms with Crippen LogP contribution < -0.4 is 0 Å². The average Bonchev–Trinajstić information content (AvgIpc) is 0.592. The largest absolute Gasteiger partial charge is 0.361 e. The first-order valence-corrected chi connectivity index (χ1v) is 3.70. The summed E-state index contributed by atoms with van der Waals surface area (Å²) in [7, 11) is -6.67. The van der Waals surface area contributed by atoms with Gasteiger partial charge < -0.3 is 0 Å². The lowest BCUT2D eigenvalue weighted by molar-refractivity contribution is 0.399. The maximum Gasteiger partial charge on any atom is 0.361 e. The topological polar surface area (TPSA) is 0 Å². The minimum Gasteiger partial charge on any atom is -0.0849 e. The Morgan fingerprint density at radius 2 is 0.857 bits per heavy atom. The summed E-state index contributed by atoms with van der Waals surface area (Å²) in [5, 5.41) is 0. The fourth-order valence-corrected chi connectivity index (χ4v) is 0. The maximum absolute atomic E-state index is 10.3. The molecule has 0 radical (unpaired) electrons. The van der Waals surface area contributed by atoms with Gasteiger partial charge in [0.2, 0.25) is 0 Å². The lowest BCUT2D eigenvalue weighted by Gasteiger charge is -2.31. The zero-order valence-electron chi connectivity index (χ0n) is 2.68. The van der Waals surface area contributed by atoms with Gasteiger partial charge in [-0.05, 0) is 0 Å². The zero-order chi connectivity index (χ0) is 6.41. The molecule has 0 spiro atoms. The molecule has 7 heteroatoms. The molecule has 0 aromatic rings. The van der Waals surface area contributed by atoms with E-state index >= 15 is 0 Å². The molecule has 0 bridgehead atoms. The third kappa shape index (κ3) is 1380. The van der Waals surface area contributed by atoms with Crippen LogP contribution in [0.2, 0.25) is 0 Å². The van der Waals surface area contributed by atoms with Crippen LogP contribution in [0, 0.1) is 0 Å². The monoisotopic (exact) mass is 162 g/mol. The van der Waals surface area contributed by atoms with Crippen molar-refractivity contribution in [1.82, 2.24) is 0 Å². The van der Waals surface area contributed by atoms with Crippen LogP contribution >= 0.6 is 20.1 Å². The van der Waals surface area contributed by atoms with E-state index in [1.165, 1.54) is 0 Å². The Bertz CT molecular complexity index is 66.6. The third-order valence-electron chi connectivity index (χ3n) is 0. The van der Waals surface area contributed by atoms with E-state index in [1.54, 1.807) is 0 Å². The first-order chi connectivity index (χ1) is 2.45. The molecule has 0 atom stereocenters. The van der Waals surface area contributed by atoms with Crippen LogP contribution in [0.15, 0.2) is 0 Å². The molecule has 0 saturated heterocycles. The summed E-state index contributed by atoms with van der Waals surface area (Å²) in [6.07, 6.45) is 0. The van der Waals surface area contributed by atoms with Gasteiger partial charge in [0.15, 0.2) is 0 Å². The normalized spacial score (nSPS) is 23.1. The molecule has 0 aliphatic heterocycles. The Balaban J connectivity index is 4.43. The molecule has 0 nitrogen and oxygen atoms in total. The van der Waals surface area contributed by atoms with Crippen molar-refractivity contribution >= 4 is 20.1 Å². The number of halogens is 6. The van der Waals surface area contributed by atoms with Gasteiger partial charge in [0.25, 0.3) is 0 Å². The van der Waals surface area contributed by atoms with Crippen molar-refractivity contribution in [2.45, 2.75) is 0 Å². The SMILES string of the molecule is FS(F)(F)(F)(F)Cl. The Morgan fingerprint density at radius 1 is 0.857 bits per heavy atom. The van der Waals surface area contributed by atoms with E-state index in [9.17, 15) is 19.4 Å². The van der Waals surface area contributed by atoms with Gasteiger partial charge in [-0.3, -0.25) is 0 Å². The molecule has 0 aromatic heterocycles. The van der Waals surface area contributed by atoms with Crippen LogP contribution in [0.4, 0.5) is 19.4 Å². The van der Waals surface area contributed by atoms with Crippen molar-refractivity contribution in [3.63, 3.8) is 0 Å². The molecule has 0 saturated carbocycles. The standard InChI is InChI=1S/ClF5S/c1-7(2,3,4,5)6. The summed E-state index contributed by atoms with van der Waals surface area (Å²) < 4.78 is 51.4. The predicted molar refractivity (Wildman–Crippen MR) is 19.0 cm³/mol. The molecule has 0 aliphatic rings. The van der Waals surface area contributed by atoms with Gasteiger partial charge >= 0.3 is 9.44 Å². The summed E-state index contributed by atoms with van der Waals surface area (Å²) >= 11 is 0. The summed E-state index contributed by atoms with van der Waals surface area (Å²) in [6, 6.07) is 0. The molecular weight excluding hydrogens is 163 g/mol. The van der Waals surface area contributed by atoms with E-state index in [4.69, 9.17) is 0 Å². The quantitative estimate of drug-likeness (QED) is 0.479. The van der Waals surface area contributed by atoms with Gasteiger partial charge in [-0.2, -0.15) is 0 Å². The van der Waals surface area contributed by atoms with E-state index in [0.29, 0.717) is 0 Å². The van der Waals surface area contributed by atoms with Crippen molar-refractivity contribution in [1.29, 1.82) is 0 Å². The summed E-state index contributed by atoms with van der Waals surface area (Å²) in [5.74, 6) is 0. The van der Waals surface area contributed by atoms with Crippen LogP contribution in [0.25, 0.3) is 0 Å². The molecule has 0 heterocycles. The Labute approximate surface area is 40.5 Å². The van der Waals surface area contributed by atoms with Gasteiger partial charge in [0.1, 0.15) is 0 Å². The second-order valence-corrected chi connectivity index (χ2v) is 4.37. The number of hydrogen-bond donors (Lipinski definition) is 0. The lowest BCUT2D eigenvalue weighted by Crippen LogP contribution is -1.89. The van der Waals surface area contributed by atoms with Crippen molar-refractivity contribution in [3.8, 4) is 0 Å². The van der Waals surface area contributed by atoms with Crippen molar-refractivity contribution < 1.29 is 19.4 Å². The van der Waals surface area contributed by atoms with E-state index in [1.807, 2.05) is 0 Å². The molecular formula is ClF5S. The summed E-state index contributed by atoms with van der Waals surface area (Å²) in [5.41, 5.74) is 0. The molecule has 0 aliphatic carbocycles. The Kier molecular flexibility index (Phi) is 0.784. The molecule has 0 aromatic carbocycles. The maximum atomic E-state index is 10.3. The van der Waals surface area contributed by atoms with Gasteiger partial charge in [0, 0.05) is 0 Å². The minimum atomic E-state index is -9.50. The van der Waals surface area contributed by atoms with Crippen molar-refractivity contribution in [2.24, 2.45) is 0 Å². The fraction of sp³-hybridized carbons (Fsp3) is 0. The Hall–Kier alpha value is 0.290. The van der Waals surface area contributed by atoms with E-state index in [2.05, 4.69) is 10.7 Å². The average molecular weight is 163 g/mol. The summed E-state index contributed by atoms with van der Waals surface area (Å²) in [6.45, 7) is 0. The van der Waals surface area contributed by atoms with Gasteiger partial charge in [0.05, 0.1) is 10.7 Å². The Morgan fingerprint density at radius 3 is 0.857 bits per heavy atom. The highest BCUT2D eigenvalue weighted by Gasteiger charge is 2.61. The van der Waals surface area contributed by atoms with Crippen LogP contribution in [0.1, 0.15) is 0 Å². The first-order valence-electron chi connectivity index (χ1n) is 0.926. The molecule has 0 amide bonds. The highest BCUT2D eigenvalue weighted by Crippen LogP contribution is 3.01. The van der Waals surface area contributed by atoms with Crippen molar-refractivity contribution in [2.75, 3.05) is 0 Å². The minimum absolute atomic E-state index is 2.83. The first kappa shape index (κ1) is 7.29. The molecule has 7 heavy (non-hydrogen) atoms. The zero-order valence-corrected chi connectivity index (χ0v) is 4.25. The van der Waals surface area contributed by atoms with E-state index in [0.717, 1.165) is 0 Å². The number of rotatable bonds is 0. The van der Waals surface area contributed by atoms with E-state index < -0.39 is 9.44 Å². The van der Waals surface area contributed by atoms with Crippen LogP contribution in [-0.2, 0) is 0 Å². The van der Waals surface area contributed by atoms with Crippen molar-refractivity contribution in [3.05, 3.63) is 0 Å². The third-order valence-corrected chi connectivity index (χ3v) is 0. The van der Waals surface area contributed by atoms with Crippen LogP contribution in [-0.4, -0.2) is 0 Å². The van der Waals surface area contributed by atoms with Crippen LogP contribution in [0.5, 0.6) is 0 Å². The molecule has 0 fully saturated rings. The molecule has 0 unspecified atom stereocenters. The fourth-order valence-electron chi connectivity index (χ4n) is 0. The van der Waals surface area contributed by atoms with Gasteiger partial charge in [-0.1, -0.05) is 19.4 Å². The second kappa shape index (κ2) is 0.753. The van der Waals surface area contributed by atoms with Gasteiger partial charge in [-0.15, -0.1) is 0 Å². The molecule has 0 N–H and O–H groups in total. The smallest absolute Gasteiger partial charge is 0.0849 e. The van der Waals surface area contributed by atoms with Crippen LogP contribution in [0.3, 0.4) is 0 Å². The molecule has 48 valence electrons. The highest BCUT2D eigenvalue weighted by atomic mass is 35.7. The summed E-state index contributed by atoms with van der Waals surface area (Å²) in [4.78, 5) is 0. The predicted octanol–water partition coefficient (Wildman–Crippen LogP) is 3.44. The van der Waals surface area contributed by atoms with Gasteiger partial charge in [-0.25, -0.2) is 0 Å². The number of hydrogen-bond acceptors (Lipinski definition) is 0.